The van der Waals surface area contributed by atoms with Crippen molar-refractivity contribution in [2.75, 3.05) is 13.1 Å². The van der Waals surface area contributed by atoms with Crippen LogP contribution >= 0.6 is 0 Å². The van der Waals surface area contributed by atoms with Gasteiger partial charge >= 0.3 is 6.09 Å². The Labute approximate surface area is 241 Å². The summed E-state index contributed by atoms with van der Waals surface area (Å²) in [5.41, 5.74) is 3.57. The van der Waals surface area contributed by atoms with Gasteiger partial charge in [-0.05, 0) is 87.1 Å². The van der Waals surface area contributed by atoms with Gasteiger partial charge in [0.25, 0.3) is 5.91 Å². The summed E-state index contributed by atoms with van der Waals surface area (Å²) in [6.45, 7) is 11.5. The highest BCUT2D eigenvalue weighted by atomic mass is 16.6. The highest BCUT2D eigenvalue weighted by molar-refractivity contribution is 5.96. The fraction of sp³-hybridized carbons (Fsp3) is 0.543. The van der Waals surface area contributed by atoms with E-state index in [2.05, 4.69) is 49.5 Å². The van der Waals surface area contributed by atoms with Crippen molar-refractivity contribution in [3.05, 3.63) is 77.4 Å². The van der Waals surface area contributed by atoms with Crippen molar-refractivity contribution in [1.29, 1.82) is 0 Å². The van der Waals surface area contributed by atoms with E-state index in [1.54, 1.807) is 0 Å². The number of amides is 2. The molecule has 216 valence electrons. The molecule has 5 heteroatoms. The van der Waals surface area contributed by atoms with Gasteiger partial charge in [-0.3, -0.25) is 4.79 Å². The van der Waals surface area contributed by atoms with E-state index in [9.17, 15) is 9.59 Å². The van der Waals surface area contributed by atoms with Crippen molar-refractivity contribution in [3.63, 3.8) is 0 Å². The average Bonchev–Trinajstić information content (AvgIpc) is 2.94. The van der Waals surface area contributed by atoms with E-state index in [0.29, 0.717) is 18.7 Å². The van der Waals surface area contributed by atoms with Gasteiger partial charge in [0.2, 0.25) is 0 Å². The second kappa shape index (κ2) is 12.6. The minimum atomic E-state index is -0.502. The molecule has 2 aliphatic rings. The molecule has 2 aromatic carbocycles. The lowest BCUT2D eigenvalue weighted by atomic mass is 9.63. The first kappa shape index (κ1) is 29.9. The summed E-state index contributed by atoms with van der Waals surface area (Å²) in [7, 11) is 0. The maximum Gasteiger partial charge on any atom is 0.410 e. The minimum Gasteiger partial charge on any atom is -0.444 e. The van der Waals surface area contributed by atoms with E-state index in [1.807, 2.05) is 56.0 Å². The molecule has 4 rings (SSSR count). The summed E-state index contributed by atoms with van der Waals surface area (Å²) in [6, 6.07) is 18.4. The number of likely N-dealkylation sites (tertiary alicyclic amines) is 1. The number of carbonyl (C=O) groups is 2. The minimum absolute atomic E-state index is 0.00874. The number of hydrogen-bond donors (Lipinski definition) is 1. The molecule has 40 heavy (non-hydrogen) atoms. The van der Waals surface area contributed by atoms with Crippen LogP contribution < -0.4 is 5.32 Å². The van der Waals surface area contributed by atoms with Gasteiger partial charge in [-0.25, -0.2) is 4.79 Å². The fourth-order valence-corrected chi connectivity index (χ4v) is 6.35. The zero-order valence-corrected chi connectivity index (χ0v) is 25.2. The maximum absolute atomic E-state index is 13.7. The molecule has 5 nitrogen and oxygen atoms in total. The van der Waals surface area contributed by atoms with Crippen LogP contribution in [0.4, 0.5) is 4.79 Å². The van der Waals surface area contributed by atoms with E-state index < -0.39 is 11.1 Å². The predicted octanol–water partition coefficient (Wildman–Crippen LogP) is 8.19. The van der Waals surface area contributed by atoms with Gasteiger partial charge in [-0.2, -0.15) is 0 Å². The topological polar surface area (TPSA) is 58.6 Å². The molecular weight excluding hydrogens is 496 g/mol. The third-order valence-corrected chi connectivity index (χ3v) is 8.53. The number of fused-ring (bicyclic) bond motifs is 1. The summed E-state index contributed by atoms with van der Waals surface area (Å²) in [5.74, 6) is -0.00874. The largest absolute Gasteiger partial charge is 0.444 e. The Bertz CT molecular complexity index is 1180. The molecule has 0 bridgehead atoms. The summed E-state index contributed by atoms with van der Waals surface area (Å²) >= 11 is 0. The van der Waals surface area contributed by atoms with Crippen LogP contribution in [0.3, 0.4) is 0 Å². The van der Waals surface area contributed by atoms with Gasteiger partial charge in [0.05, 0.1) is 5.54 Å². The smallest absolute Gasteiger partial charge is 0.410 e. The van der Waals surface area contributed by atoms with Crippen LogP contribution in [0.25, 0.3) is 5.57 Å². The normalized spacial score (nSPS) is 16.7. The third-order valence-electron chi connectivity index (χ3n) is 8.53. The Kier molecular flexibility index (Phi) is 9.43. The summed E-state index contributed by atoms with van der Waals surface area (Å²) < 4.78 is 5.68. The lowest BCUT2D eigenvalue weighted by molar-refractivity contribution is 0.0142. The van der Waals surface area contributed by atoms with Crippen molar-refractivity contribution < 1.29 is 14.3 Å². The number of nitrogens with zero attached hydrogens (tertiary/aromatic N) is 1. The Morgan fingerprint density at radius 3 is 2.10 bits per heavy atom. The van der Waals surface area contributed by atoms with Gasteiger partial charge < -0.3 is 15.0 Å². The standard InChI is InChI=1S/C35H48N2O3/c1-6-8-19-35(20-9-7-2,36-31(38)27-15-11-10-12-16-27)30-26-34(25-28-17-13-14-18-29(28)30)21-23-37(24-22-34)32(39)40-33(3,4)5/h10-18,26H,6-9,19-25H2,1-5H3,(H,36,38). The van der Waals surface area contributed by atoms with Gasteiger partial charge in [0, 0.05) is 18.7 Å². The first-order valence-electron chi connectivity index (χ1n) is 15.3. The summed E-state index contributed by atoms with van der Waals surface area (Å²) in [6.07, 6.45) is 11.0. The average molecular weight is 545 g/mol. The molecule has 0 atom stereocenters. The van der Waals surface area contributed by atoms with Gasteiger partial charge in [-0.15, -0.1) is 0 Å². The number of carbonyl (C=O) groups excluding carboxylic acids is 2. The number of allylic oxidation sites excluding steroid dienone is 1. The number of nitrogens with one attached hydrogen (secondary N) is 1. The van der Waals surface area contributed by atoms with Crippen LogP contribution in [0.1, 0.15) is 107 Å². The molecule has 1 spiro atoms. The van der Waals surface area contributed by atoms with Crippen molar-refractivity contribution in [2.24, 2.45) is 5.41 Å². The first-order valence-corrected chi connectivity index (χ1v) is 15.3. The quantitative estimate of drug-likeness (QED) is 0.346. The van der Waals surface area contributed by atoms with E-state index in [4.69, 9.17) is 4.74 Å². The molecule has 0 aromatic heterocycles. The molecule has 2 aromatic rings. The lowest BCUT2D eigenvalue weighted by Crippen LogP contribution is -2.51. The van der Waals surface area contributed by atoms with Crippen molar-refractivity contribution in [3.8, 4) is 0 Å². The second-order valence-electron chi connectivity index (χ2n) is 12.8. The van der Waals surface area contributed by atoms with Gasteiger partial charge in [-0.1, -0.05) is 88.1 Å². The zero-order valence-electron chi connectivity index (χ0n) is 25.2. The molecule has 1 aliphatic carbocycles. The molecule has 2 amide bonds. The SMILES string of the molecule is CCCCC(CCCC)(NC(=O)c1ccccc1)C1=CC2(CCN(C(=O)OC(C)(C)C)CC2)Cc2ccccc21. The Morgan fingerprint density at radius 2 is 1.50 bits per heavy atom. The van der Waals surface area contributed by atoms with Crippen LogP contribution in [0.15, 0.2) is 60.7 Å². The highest BCUT2D eigenvalue weighted by Crippen LogP contribution is 2.49. The number of piperidine rings is 1. The Morgan fingerprint density at radius 1 is 0.900 bits per heavy atom. The number of hydrogen-bond acceptors (Lipinski definition) is 3. The second-order valence-corrected chi connectivity index (χ2v) is 12.8. The predicted molar refractivity (Wildman–Crippen MR) is 163 cm³/mol. The maximum atomic E-state index is 13.7. The Hall–Kier alpha value is -3.08. The molecule has 0 saturated carbocycles. The first-order chi connectivity index (χ1) is 19.1. The van der Waals surface area contributed by atoms with E-state index in [-0.39, 0.29) is 17.4 Å². The van der Waals surface area contributed by atoms with Crippen molar-refractivity contribution >= 4 is 17.6 Å². The van der Waals surface area contributed by atoms with Gasteiger partial charge in [0.15, 0.2) is 0 Å². The molecule has 1 saturated heterocycles. The van der Waals surface area contributed by atoms with Crippen molar-refractivity contribution in [1.82, 2.24) is 10.2 Å². The summed E-state index contributed by atoms with van der Waals surface area (Å²) in [5, 5.41) is 3.61. The molecular formula is C35H48N2O3. The number of rotatable bonds is 9. The molecule has 1 aliphatic heterocycles. The van der Waals surface area contributed by atoms with Crippen LogP contribution in [0.5, 0.6) is 0 Å². The van der Waals surface area contributed by atoms with Crippen molar-refractivity contribution in [2.45, 2.75) is 104 Å². The van der Waals surface area contributed by atoms with E-state index in [0.717, 1.165) is 57.8 Å². The lowest BCUT2D eigenvalue weighted by Gasteiger charge is -2.47. The van der Waals surface area contributed by atoms with Crippen LogP contribution in [0, 0.1) is 5.41 Å². The van der Waals surface area contributed by atoms with Crippen LogP contribution in [-0.4, -0.2) is 41.1 Å². The fourth-order valence-electron chi connectivity index (χ4n) is 6.35. The van der Waals surface area contributed by atoms with E-state index in [1.165, 1.54) is 16.7 Å². The van der Waals surface area contributed by atoms with Crippen LogP contribution in [0.2, 0.25) is 0 Å². The molecule has 1 heterocycles. The highest BCUT2D eigenvalue weighted by Gasteiger charge is 2.44. The monoisotopic (exact) mass is 544 g/mol. The number of unbranched alkanes of at least 4 members (excludes halogenated alkanes) is 2. The number of benzene rings is 2. The van der Waals surface area contributed by atoms with Gasteiger partial charge in [0.1, 0.15) is 5.60 Å². The summed E-state index contributed by atoms with van der Waals surface area (Å²) in [4.78, 5) is 28.4. The van der Waals surface area contributed by atoms with E-state index >= 15 is 0 Å². The van der Waals surface area contributed by atoms with Crippen LogP contribution in [-0.2, 0) is 11.2 Å². The zero-order chi connectivity index (χ0) is 28.8. The molecule has 1 N–H and O–H groups in total. The number of ether oxygens (including phenoxy) is 1. The molecule has 1 fully saturated rings. The molecule has 0 radical (unpaired) electrons. The molecule has 0 unspecified atom stereocenters. The Balaban J connectivity index is 1.74. The third kappa shape index (κ3) is 6.97.